The summed E-state index contributed by atoms with van der Waals surface area (Å²) in [5.41, 5.74) is 6.35. The predicted molar refractivity (Wildman–Crippen MR) is 51.4 cm³/mol. The number of hydrogen-bond acceptors (Lipinski definition) is 5. The standard InChI is InChI=1S/C8H8ClN3O2/c9-6-2-1-5-7(11-6)8(12-14-5)13-4-3-10/h1-2H,3-4,10H2. The number of aromatic nitrogens is 2. The fourth-order valence-corrected chi connectivity index (χ4v) is 1.18. The van der Waals surface area contributed by atoms with Crippen LogP contribution in [0.2, 0.25) is 5.15 Å². The van der Waals surface area contributed by atoms with Crippen LogP contribution in [-0.2, 0) is 0 Å². The first kappa shape index (κ1) is 9.23. The Kier molecular flexibility index (Phi) is 2.51. The Morgan fingerprint density at radius 2 is 2.36 bits per heavy atom. The highest BCUT2D eigenvalue weighted by atomic mass is 35.5. The van der Waals surface area contributed by atoms with E-state index in [2.05, 4.69) is 10.1 Å². The third kappa shape index (κ3) is 1.64. The van der Waals surface area contributed by atoms with E-state index in [1.54, 1.807) is 12.1 Å². The van der Waals surface area contributed by atoms with Crippen molar-refractivity contribution in [2.45, 2.75) is 0 Å². The molecule has 0 aliphatic rings. The van der Waals surface area contributed by atoms with Gasteiger partial charge >= 0.3 is 0 Å². The van der Waals surface area contributed by atoms with Crippen molar-refractivity contribution in [1.29, 1.82) is 0 Å². The van der Waals surface area contributed by atoms with Crippen molar-refractivity contribution in [3.63, 3.8) is 0 Å². The van der Waals surface area contributed by atoms with Crippen LogP contribution in [0.15, 0.2) is 16.7 Å². The molecule has 0 aliphatic carbocycles. The van der Waals surface area contributed by atoms with Crippen molar-refractivity contribution in [3.8, 4) is 5.88 Å². The average molecular weight is 214 g/mol. The van der Waals surface area contributed by atoms with Crippen LogP contribution in [0.25, 0.3) is 11.1 Å². The third-order valence-electron chi connectivity index (χ3n) is 1.61. The van der Waals surface area contributed by atoms with Crippen LogP contribution in [0.3, 0.4) is 0 Å². The molecule has 0 spiro atoms. The van der Waals surface area contributed by atoms with Gasteiger partial charge in [0.1, 0.15) is 11.8 Å². The minimum absolute atomic E-state index is 0.327. The number of hydrogen-bond donors (Lipinski definition) is 1. The fourth-order valence-electron chi connectivity index (χ4n) is 1.03. The molecule has 0 radical (unpaired) electrons. The van der Waals surface area contributed by atoms with Gasteiger partial charge in [-0.1, -0.05) is 11.6 Å². The van der Waals surface area contributed by atoms with Gasteiger partial charge < -0.3 is 15.0 Å². The largest absolute Gasteiger partial charge is 0.473 e. The summed E-state index contributed by atoms with van der Waals surface area (Å²) >= 11 is 5.72. The molecule has 0 saturated heterocycles. The number of halogens is 1. The Hall–Kier alpha value is -1.33. The number of fused-ring (bicyclic) bond motifs is 1. The van der Waals surface area contributed by atoms with Crippen molar-refractivity contribution in [1.82, 2.24) is 10.1 Å². The van der Waals surface area contributed by atoms with Gasteiger partial charge in [-0.15, -0.1) is 0 Å². The van der Waals surface area contributed by atoms with E-state index < -0.39 is 0 Å². The number of rotatable bonds is 3. The predicted octanol–water partition coefficient (Wildman–Crippen LogP) is 1.21. The normalized spacial score (nSPS) is 10.7. The van der Waals surface area contributed by atoms with Crippen LogP contribution in [0, 0.1) is 0 Å². The van der Waals surface area contributed by atoms with Gasteiger partial charge in [0, 0.05) is 6.54 Å². The van der Waals surface area contributed by atoms with Gasteiger partial charge in [0.15, 0.2) is 11.1 Å². The quantitative estimate of drug-likeness (QED) is 0.776. The van der Waals surface area contributed by atoms with Crippen LogP contribution in [0.5, 0.6) is 5.88 Å². The summed E-state index contributed by atoms with van der Waals surface area (Å²) in [7, 11) is 0. The van der Waals surface area contributed by atoms with E-state index in [9.17, 15) is 0 Å². The van der Waals surface area contributed by atoms with Crippen LogP contribution >= 0.6 is 11.6 Å². The molecule has 2 aromatic heterocycles. The van der Waals surface area contributed by atoms with E-state index in [1.165, 1.54) is 0 Å². The summed E-state index contributed by atoms with van der Waals surface area (Å²) in [5, 5.41) is 4.07. The second-order valence-corrected chi connectivity index (χ2v) is 2.99. The van der Waals surface area contributed by atoms with Crippen LogP contribution < -0.4 is 10.5 Å². The summed E-state index contributed by atoms with van der Waals surface area (Å²) in [6, 6.07) is 3.31. The van der Waals surface area contributed by atoms with E-state index in [0.29, 0.717) is 35.3 Å². The van der Waals surface area contributed by atoms with E-state index in [4.69, 9.17) is 26.6 Å². The zero-order chi connectivity index (χ0) is 9.97. The summed E-state index contributed by atoms with van der Waals surface area (Å²) < 4.78 is 10.2. The lowest BCUT2D eigenvalue weighted by molar-refractivity contribution is 0.292. The van der Waals surface area contributed by atoms with Crippen molar-refractivity contribution < 1.29 is 9.26 Å². The Morgan fingerprint density at radius 3 is 3.14 bits per heavy atom. The minimum atomic E-state index is 0.327. The molecule has 0 fully saturated rings. The second kappa shape index (κ2) is 3.81. The SMILES string of the molecule is NCCOc1noc2ccc(Cl)nc12. The minimum Gasteiger partial charge on any atom is -0.473 e. The van der Waals surface area contributed by atoms with Gasteiger partial charge in [-0.2, -0.15) is 0 Å². The lowest BCUT2D eigenvalue weighted by atomic mass is 10.4. The van der Waals surface area contributed by atoms with E-state index in [0.717, 1.165) is 0 Å². The second-order valence-electron chi connectivity index (χ2n) is 2.61. The van der Waals surface area contributed by atoms with E-state index in [-0.39, 0.29) is 0 Å². The molecular formula is C8H8ClN3O2. The van der Waals surface area contributed by atoms with Crippen LogP contribution in [-0.4, -0.2) is 23.3 Å². The zero-order valence-corrected chi connectivity index (χ0v) is 7.99. The van der Waals surface area contributed by atoms with Gasteiger partial charge in [-0.25, -0.2) is 4.98 Å². The van der Waals surface area contributed by atoms with E-state index in [1.807, 2.05) is 0 Å². The molecule has 0 atom stereocenters. The number of ether oxygens (including phenoxy) is 1. The summed E-state index contributed by atoms with van der Waals surface area (Å²) in [6.45, 7) is 0.782. The lowest BCUT2D eigenvalue weighted by Crippen LogP contribution is -2.10. The molecule has 6 heteroatoms. The number of nitrogens with zero attached hydrogens (tertiary/aromatic N) is 2. The van der Waals surface area contributed by atoms with Crippen molar-refractivity contribution >= 4 is 22.7 Å². The van der Waals surface area contributed by atoms with Crippen molar-refractivity contribution in [2.75, 3.05) is 13.2 Å². The fraction of sp³-hybridized carbons (Fsp3) is 0.250. The maximum atomic E-state index is 5.72. The first-order chi connectivity index (χ1) is 6.81. The van der Waals surface area contributed by atoms with Crippen molar-refractivity contribution in [3.05, 3.63) is 17.3 Å². The summed E-state index contributed by atoms with van der Waals surface area (Å²) in [5.74, 6) is 0.327. The van der Waals surface area contributed by atoms with Crippen LogP contribution in [0.4, 0.5) is 0 Å². The summed E-state index contributed by atoms with van der Waals surface area (Å²) in [6.07, 6.45) is 0. The van der Waals surface area contributed by atoms with Crippen LogP contribution in [0.1, 0.15) is 0 Å². The highest BCUT2D eigenvalue weighted by molar-refractivity contribution is 6.29. The van der Waals surface area contributed by atoms with Gasteiger partial charge in [0.2, 0.25) is 0 Å². The van der Waals surface area contributed by atoms with Gasteiger partial charge in [0.25, 0.3) is 5.88 Å². The molecule has 0 aromatic carbocycles. The molecule has 0 unspecified atom stereocenters. The zero-order valence-electron chi connectivity index (χ0n) is 7.24. The topological polar surface area (TPSA) is 74.2 Å². The number of pyridine rings is 1. The Morgan fingerprint density at radius 1 is 1.50 bits per heavy atom. The molecular weight excluding hydrogens is 206 g/mol. The monoisotopic (exact) mass is 213 g/mol. The molecule has 5 nitrogen and oxygen atoms in total. The molecule has 2 heterocycles. The lowest BCUT2D eigenvalue weighted by Gasteiger charge is -1.97. The first-order valence-electron chi connectivity index (χ1n) is 4.06. The number of nitrogens with two attached hydrogens (primary N) is 1. The Balaban J connectivity index is 2.40. The molecule has 2 aromatic rings. The highest BCUT2D eigenvalue weighted by Gasteiger charge is 2.10. The molecule has 74 valence electrons. The molecule has 0 bridgehead atoms. The molecule has 2 N–H and O–H groups in total. The maximum absolute atomic E-state index is 5.72. The maximum Gasteiger partial charge on any atom is 0.281 e. The first-order valence-corrected chi connectivity index (χ1v) is 4.44. The molecule has 2 rings (SSSR count). The smallest absolute Gasteiger partial charge is 0.281 e. The average Bonchev–Trinajstić information content (AvgIpc) is 2.57. The molecule has 0 saturated carbocycles. The van der Waals surface area contributed by atoms with E-state index >= 15 is 0 Å². The molecule has 14 heavy (non-hydrogen) atoms. The Bertz CT molecular complexity index is 443. The Labute approximate surface area is 84.8 Å². The van der Waals surface area contributed by atoms with Gasteiger partial charge in [-0.3, -0.25) is 0 Å². The van der Waals surface area contributed by atoms with Gasteiger partial charge in [0.05, 0.1) is 0 Å². The van der Waals surface area contributed by atoms with Crippen molar-refractivity contribution in [2.24, 2.45) is 5.73 Å². The van der Waals surface area contributed by atoms with Gasteiger partial charge in [-0.05, 0) is 17.3 Å². The third-order valence-corrected chi connectivity index (χ3v) is 1.82. The summed E-state index contributed by atoms with van der Waals surface area (Å²) in [4.78, 5) is 4.03. The molecule has 0 aliphatic heterocycles. The highest BCUT2D eigenvalue weighted by Crippen LogP contribution is 2.23. The molecule has 0 amide bonds.